The second-order valence-electron chi connectivity index (χ2n) is 5.36. The summed E-state index contributed by atoms with van der Waals surface area (Å²) in [5.41, 5.74) is 2.72. The first-order chi connectivity index (χ1) is 12.9. The molecule has 0 aliphatic rings. The van der Waals surface area contributed by atoms with Gasteiger partial charge in [-0.25, -0.2) is 17.5 Å². The van der Waals surface area contributed by atoms with Crippen LogP contribution in [0.5, 0.6) is 5.75 Å². The zero-order valence-corrected chi connectivity index (χ0v) is 14.9. The monoisotopic (exact) mass is 390 g/mol. The summed E-state index contributed by atoms with van der Waals surface area (Å²) in [4.78, 5) is 13.7. The molecule has 0 radical (unpaired) electrons. The lowest BCUT2D eigenvalue weighted by Crippen LogP contribution is -2.41. The van der Waals surface area contributed by atoms with Gasteiger partial charge in [-0.05, 0) is 30.3 Å². The van der Waals surface area contributed by atoms with Gasteiger partial charge in [-0.2, -0.15) is 5.10 Å². The van der Waals surface area contributed by atoms with E-state index in [1.807, 2.05) is 4.83 Å². The number of hydrazine groups is 1. The molecular formula is C17H15FN4O4S. The largest absolute Gasteiger partial charge is 0.497 e. The topological polar surface area (TPSA) is 102 Å². The van der Waals surface area contributed by atoms with Crippen LogP contribution in [0.25, 0.3) is 5.69 Å². The fourth-order valence-corrected chi connectivity index (χ4v) is 3.21. The van der Waals surface area contributed by atoms with E-state index in [4.69, 9.17) is 4.74 Å². The number of sulfonamides is 1. The third-order valence-corrected chi connectivity index (χ3v) is 4.86. The van der Waals surface area contributed by atoms with Crippen LogP contribution < -0.4 is 15.0 Å². The Morgan fingerprint density at radius 2 is 1.96 bits per heavy atom. The lowest BCUT2D eigenvalue weighted by molar-refractivity contribution is 0.0944. The summed E-state index contributed by atoms with van der Waals surface area (Å²) in [5, 5.41) is 4.07. The summed E-state index contributed by atoms with van der Waals surface area (Å²) >= 11 is 0. The summed E-state index contributed by atoms with van der Waals surface area (Å²) in [6.45, 7) is 0. The number of amides is 1. The van der Waals surface area contributed by atoms with E-state index in [1.165, 1.54) is 36.1 Å². The van der Waals surface area contributed by atoms with Gasteiger partial charge in [0.15, 0.2) is 0 Å². The van der Waals surface area contributed by atoms with Gasteiger partial charge in [0.05, 0.1) is 12.8 Å². The first kappa shape index (κ1) is 18.5. The molecule has 2 aromatic carbocycles. The van der Waals surface area contributed by atoms with Crippen molar-refractivity contribution in [3.63, 3.8) is 0 Å². The highest BCUT2D eigenvalue weighted by molar-refractivity contribution is 7.89. The Hall–Kier alpha value is -3.24. The Kier molecular flexibility index (Phi) is 5.19. The number of nitrogens with one attached hydrogen (secondary N) is 2. The molecule has 140 valence electrons. The average molecular weight is 390 g/mol. The van der Waals surface area contributed by atoms with Crippen molar-refractivity contribution in [2.75, 3.05) is 7.11 Å². The van der Waals surface area contributed by atoms with E-state index in [9.17, 15) is 17.6 Å². The van der Waals surface area contributed by atoms with E-state index < -0.39 is 26.6 Å². The molecule has 2 N–H and O–H groups in total. The molecule has 8 nitrogen and oxygen atoms in total. The number of hydrogen-bond donors (Lipinski definition) is 2. The van der Waals surface area contributed by atoms with Crippen LogP contribution in [0, 0.1) is 5.82 Å². The molecule has 0 aliphatic heterocycles. The molecule has 0 saturated carbocycles. The van der Waals surface area contributed by atoms with Gasteiger partial charge in [0.25, 0.3) is 15.9 Å². The van der Waals surface area contributed by atoms with E-state index in [0.29, 0.717) is 11.4 Å². The minimum atomic E-state index is -4.27. The molecule has 0 atom stereocenters. The molecule has 3 aromatic rings. The van der Waals surface area contributed by atoms with Gasteiger partial charge in [0.1, 0.15) is 16.5 Å². The van der Waals surface area contributed by atoms with Crippen molar-refractivity contribution >= 4 is 15.9 Å². The molecule has 0 unspecified atom stereocenters. The molecule has 10 heteroatoms. The number of rotatable bonds is 6. The lowest BCUT2D eigenvalue weighted by Gasteiger charge is -2.11. The molecule has 1 amide bonds. The van der Waals surface area contributed by atoms with Gasteiger partial charge < -0.3 is 4.74 Å². The Morgan fingerprint density at radius 3 is 2.63 bits per heavy atom. The molecule has 1 aromatic heterocycles. The van der Waals surface area contributed by atoms with Crippen molar-refractivity contribution in [1.82, 2.24) is 20.0 Å². The predicted molar refractivity (Wildman–Crippen MR) is 94.3 cm³/mol. The minimum absolute atomic E-state index is 0.121. The third-order valence-electron chi connectivity index (χ3n) is 3.58. The first-order valence-electron chi connectivity index (χ1n) is 7.66. The van der Waals surface area contributed by atoms with Crippen LogP contribution in [0.15, 0.2) is 65.8 Å². The van der Waals surface area contributed by atoms with Gasteiger partial charge in [0.2, 0.25) is 0 Å². The van der Waals surface area contributed by atoms with Crippen LogP contribution in [0.1, 0.15) is 10.4 Å². The smallest absolute Gasteiger partial charge is 0.266 e. The number of nitrogens with zero attached hydrogens (tertiary/aromatic N) is 2. The summed E-state index contributed by atoms with van der Waals surface area (Å²) in [6, 6.07) is 11.1. The average Bonchev–Trinajstić information content (AvgIpc) is 3.21. The predicted octanol–water partition coefficient (Wildman–Crippen LogP) is 1.64. The molecule has 0 aliphatic carbocycles. The molecule has 0 saturated heterocycles. The fourth-order valence-electron chi connectivity index (χ4n) is 2.29. The Morgan fingerprint density at radius 1 is 1.19 bits per heavy atom. The molecule has 3 rings (SSSR count). The zero-order chi connectivity index (χ0) is 19.4. The highest BCUT2D eigenvalue weighted by Crippen LogP contribution is 2.20. The van der Waals surface area contributed by atoms with Crippen LogP contribution in [-0.4, -0.2) is 31.2 Å². The maximum Gasteiger partial charge on any atom is 0.266 e. The van der Waals surface area contributed by atoms with Gasteiger partial charge in [0, 0.05) is 24.0 Å². The molecule has 1 heterocycles. The number of aromatic nitrogens is 2. The number of ether oxygens (including phenoxy) is 1. The van der Waals surface area contributed by atoms with Crippen molar-refractivity contribution in [3.05, 3.63) is 72.3 Å². The summed E-state index contributed by atoms with van der Waals surface area (Å²) in [7, 11) is -2.83. The zero-order valence-electron chi connectivity index (χ0n) is 14.1. The normalized spacial score (nSPS) is 11.2. The Labute approximate surface area is 154 Å². The Balaban J connectivity index is 1.82. The van der Waals surface area contributed by atoms with Crippen molar-refractivity contribution < 1.29 is 22.3 Å². The van der Waals surface area contributed by atoms with Crippen LogP contribution in [-0.2, 0) is 10.0 Å². The highest BCUT2D eigenvalue weighted by atomic mass is 32.2. The second-order valence-corrected chi connectivity index (χ2v) is 7.01. The number of halogens is 1. The number of hydrogen-bond acceptors (Lipinski definition) is 5. The van der Waals surface area contributed by atoms with E-state index in [0.717, 1.165) is 12.1 Å². The number of carbonyl (C=O) groups excluding carboxylic acids is 1. The second kappa shape index (κ2) is 7.56. The lowest BCUT2D eigenvalue weighted by atomic mass is 10.2. The van der Waals surface area contributed by atoms with Crippen molar-refractivity contribution in [3.8, 4) is 11.4 Å². The van der Waals surface area contributed by atoms with Crippen LogP contribution in [0.4, 0.5) is 4.39 Å². The molecule has 0 bridgehead atoms. The van der Waals surface area contributed by atoms with Crippen LogP contribution in [0.3, 0.4) is 0 Å². The van der Waals surface area contributed by atoms with Crippen molar-refractivity contribution in [2.24, 2.45) is 0 Å². The maximum atomic E-state index is 13.7. The maximum absolute atomic E-state index is 13.7. The standard InChI is InChI=1S/C17H15FN4O4S/c1-26-14-10-12(9-13(11-14)22-8-4-7-19-22)17(23)20-21-27(24,25)16-6-3-2-5-15(16)18/h2-11,21H,1H3,(H,20,23). The summed E-state index contributed by atoms with van der Waals surface area (Å²) in [6.07, 6.45) is 3.25. The fraction of sp³-hybridized carbons (Fsp3) is 0.0588. The number of benzene rings is 2. The number of carbonyl (C=O) groups is 1. The molecule has 0 spiro atoms. The van der Waals surface area contributed by atoms with E-state index in [2.05, 4.69) is 10.5 Å². The minimum Gasteiger partial charge on any atom is -0.497 e. The van der Waals surface area contributed by atoms with Gasteiger partial charge >= 0.3 is 0 Å². The SMILES string of the molecule is COc1cc(C(=O)NNS(=O)(=O)c2ccccc2F)cc(-n2cccn2)c1. The number of methoxy groups -OCH3 is 1. The Bertz CT molecular complexity index is 1070. The van der Waals surface area contributed by atoms with Gasteiger partial charge in [-0.15, -0.1) is 4.83 Å². The summed E-state index contributed by atoms with van der Waals surface area (Å²) < 4.78 is 44.7. The van der Waals surface area contributed by atoms with Crippen LogP contribution >= 0.6 is 0 Å². The van der Waals surface area contributed by atoms with Crippen molar-refractivity contribution in [1.29, 1.82) is 0 Å². The van der Waals surface area contributed by atoms with Crippen molar-refractivity contribution in [2.45, 2.75) is 4.90 Å². The first-order valence-corrected chi connectivity index (χ1v) is 9.15. The quantitative estimate of drug-likeness (QED) is 0.623. The van der Waals surface area contributed by atoms with Crippen LogP contribution in [0.2, 0.25) is 0 Å². The molecule has 0 fully saturated rings. The molecular weight excluding hydrogens is 375 g/mol. The van der Waals surface area contributed by atoms with E-state index in [1.54, 1.807) is 24.5 Å². The molecule has 27 heavy (non-hydrogen) atoms. The summed E-state index contributed by atoms with van der Waals surface area (Å²) in [5.74, 6) is -1.30. The highest BCUT2D eigenvalue weighted by Gasteiger charge is 2.20. The van der Waals surface area contributed by atoms with E-state index >= 15 is 0 Å². The van der Waals surface area contributed by atoms with Gasteiger partial charge in [-0.1, -0.05) is 12.1 Å². The van der Waals surface area contributed by atoms with Gasteiger partial charge in [-0.3, -0.25) is 10.2 Å². The third kappa shape index (κ3) is 4.13. The van der Waals surface area contributed by atoms with E-state index in [-0.39, 0.29) is 5.56 Å².